The number of benzene rings is 1. The van der Waals surface area contributed by atoms with Crippen molar-refractivity contribution in [1.82, 2.24) is 4.90 Å². The normalized spacial score (nSPS) is 18.9. The molecular weight excluding hydrogens is 256 g/mol. The van der Waals surface area contributed by atoms with Crippen LogP contribution >= 0.6 is 0 Å². The summed E-state index contributed by atoms with van der Waals surface area (Å²) in [7, 11) is 4.10. The van der Waals surface area contributed by atoms with Crippen LogP contribution in [-0.2, 0) is 0 Å². The standard InChI is InChI=1S/C14H18N4O2/c1-16(2)13-4-3-7-17(10-13)12-6-5-11(9-15)14(8-12)18(19)20/h5-6,8,13H,3-4,7,10H2,1-2H3. The van der Waals surface area contributed by atoms with Crippen LogP contribution < -0.4 is 4.90 Å². The molecule has 1 aliphatic rings. The van der Waals surface area contributed by atoms with Gasteiger partial charge in [-0.3, -0.25) is 10.1 Å². The van der Waals surface area contributed by atoms with Crippen molar-refractivity contribution in [2.45, 2.75) is 18.9 Å². The van der Waals surface area contributed by atoms with E-state index in [0.29, 0.717) is 6.04 Å². The molecular formula is C14H18N4O2. The molecule has 6 nitrogen and oxygen atoms in total. The molecule has 0 spiro atoms. The van der Waals surface area contributed by atoms with Crippen molar-refractivity contribution < 1.29 is 4.92 Å². The third-order valence-corrected chi connectivity index (χ3v) is 3.79. The number of likely N-dealkylation sites (N-methyl/N-ethyl adjacent to an activating group) is 1. The lowest BCUT2D eigenvalue weighted by Crippen LogP contribution is -2.45. The highest BCUT2D eigenvalue weighted by atomic mass is 16.6. The topological polar surface area (TPSA) is 73.4 Å². The van der Waals surface area contributed by atoms with Gasteiger partial charge in [-0.05, 0) is 39.1 Å². The van der Waals surface area contributed by atoms with E-state index in [2.05, 4.69) is 23.9 Å². The Hall–Kier alpha value is -2.13. The summed E-state index contributed by atoms with van der Waals surface area (Å²) in [5, 5.41) is 19.9. The van der Waals surface area contributed by atoms with Crippen molar-refractivity contribution in [2.24, 2.45) is 0 Å². The molecule has 1 aromatic carbocycles. The number of nitriles is 1. The Kier molecular flexibility index (Phi) is 4.20. The molecule has 106 valence electrons. The van der Waals surface area contributed by atoms with Gasteiger partial charge in [-0.15, -0.1) is 0 Å². The fourth-order valence-electron chi connectivity index (χ4n) is 2.57. The number of anilines is 1. The summed E-state index contributed by atoms with van der Waals surface area (Å²) >= 11 is 0. The van der Waals surface area contributed by atoms with Crippen LogP contribution in [0.1, 0.15) is 18.4 Å². The third kappa shape index (κ3) is 2.89. The first-order valence-electron chi connectivity index (χ1n) is 6.63. The first-order chi connectivity index (χ1) is 9.52. The Balaban J connectivity index is 2.27. The minimum atomic E-state index is -0.491. The average Bonchev–Trinajstić information content (AvgIpc) is 2.46. The summed E-state index contributed by atoms with van der Waals surface area (Å²) in [6.45, 7) is 1.75. The summed E-state index contributed by atoms with van der Waals surface area (Å²) in [5.41, 5.74) is 0.819. The van der Waals surface area contributed by atoms with Gasteiger partial charge in [-0.2, -0.15) is 5.26 Å². The van der Waals surface area contributed by atoms with Gasteiger partial charge in [0, 0.05) is 30.9 Å². The number of nitro groups is 1. The van der Waals surface area contributed by atoms with Gasteiger partial charge < -0.3 is 9.80 Å². The number of piperidine rings is 1. The van der Waals surface area contributed by atoms with Crippen molar-refractivity contribution in [1.29, 1.82) is 5.26 Å². The lowest BCUT2D eigenvalue weighted by atomic mass is 10.0. The van der Waals surface area contributed by atoms with E-state index in [4.69, 9.17) is 5.26 Å². The van der Waals surface area contributed by atoms with Gasteiger partial charge in [0.25, 0.3) is 5.69 Å². The molecule has 0 radical (unpaired) electrons. The quantitative estimate of drug-likeness (QED) is 0.622. The summed E-state index contributed by atoms with van der Waals surface area (Å²) < 4.78 is 0. The van der Waals surface area contributed by atoms with Crippen molar-refractivity contribution in [3.05, 3.63) is 33.9 Å². The summed E-state index contributed by atoms with van der Waals surface area (Å²) in [5.74, 6) is 0. The molecule has 0 amide bonds. The predicted molar refractivity (Wildman–Crippen MR) is 76.7 cm³/mol. The first kappa shape index (κ1) is 14.3. The Labute approximate surface area is 118 Å². The van der Waals surface area contributed by atoms with Crippen LogP contribution in [0.3, 0.4) is 0 Å². The second kappa shape index (κ2) is 5.88. The van der Waals surface area contributed by atoms with Crippen molar-refractivity contribution in [3.63, 3.8) is 0 Å². The molecule has 20 heavy (non-hydrogen) atoms. The minimum Gasteiger partial charge on any atom is -0.370 e. The lowest BCUT2D eigenvalue weighted by molar-refractivity contribution is -0.385. The maximum absolute atomic E-state index is 11.0. The maximum Gasteiger partial charge on any atom is 0.289 e. The summed E-state index contributed by atoms with van der Waals surface area (Å²) in [6, 6.07) is 7.16. The van der Waals surface area contributed by atoms with E-state index in [1.807, 2.05) is 6.07 Å². The maximum atomic E-state index is 11.0. The van der Waals surface area contributed by atoms with Gasteiger partial charge in [0.2, 0.25) is 0 Å². The van der Waals surface area contributed by atoms with E-state index in [9.17, 15) is 10.1 Å². The second-order valence-corrected chi connectivity index (χ2v) is 5.28. The Morgan fingerprint density at radius 2 is 2.25 bits per heavy atom. The zero-order chi connectivity index (χ0) is 14.7. The average molecular weight is 274 g/mol. The molecule has 0 bridgehead atoms. The molecule has 2 rings (SSSR count). The monoisotopic (exact) mass is 274 g/mol. The van der Waals surface area contributed by atoms with Crippen molar-refractivity contribution in [2.75, 3.05) is 32.1 Å². The molecule has 1 saturated heterocycles. The van der Waals surface area contributed by atoms with Gasteiger partial charge in [0.15, 0.2) is 0 Å². The summed E-state index contributed by atoms with van der Waals surface area (Å²) in [4.78, 5) is 14.9. The van der Waals surface area contributed by atoms with E-state index in [-0.39, 0.29) is 11.3 Å². The molecule has 0 N–H and O–H groups in total. The number of hydrogen-bond donors (Lipinski definition) is 0. The summed E-state index contributed by atoms with van der Waals surface area (Å²) in [6.07, 6.45) is 2.21. The van der Waals surface area contributed by atoms with Crippen LogP contribution in [-0.4, -0.2) is 43.0 Å². The van der Waals surface area contributed by atoms with Gasteiger partial charge in [0.05, 0.1) is 4.92 Å². The lowest BCUT2D eigenvalue weighted by Gasteiger charge is -2.37. The van der Waals surface area contributed by atoms with Crippen LogP contribution in [0.5, 0.6) is 0 Å². The first-order valence-corrected chi connectivity index (χ1v) is 6.63. The zero-order valence-corrected chi connectivity index (χ0v) is 11.7. The van der Waals surface area contributed by atoms with Crippen molar-refractivity contribution in [3.8, 4) is 6.07 Å². The highest BCUT2D eigenvalue weighted by Gasteiger charge is 2.23. The van der Waals surface area contributed by atoms with E-state index in [1.54, 1.807) is 6.07 Å². The fraction of sp³-hybridized carbons (Fsp3) is 0.500. The van der Waals surface area contributed by atoms with E-state index >= 15 is 0 Å². The zero-order valence-electron chi connectivity index (χ0n) is 11.7. The Bertz CT molecular complexity index is 551. The van der Waals surface area contributed by atoms with Crippen LogP contribution in [0.4, 0.5) is 11.4 Å². The van der Waals surface area contributed by atoms with Gasteiger partial charge in [-0.25, -0.2) is 0 Å². The third-order valence-electron chi connectivity index (χ3n) is 3.79. The van der Waals surface area contributed by atoms with E-state index in [0.717, 1.165) is 31.6 Å². The van der Waals surface area contributed by atoms with Crippen LogP contribution in [0.25, 0.3) is 0 Å². The van der Waals surface area contributed by atoms with E-state index in [1.165, 1.54) is 12.1 Å². The molecule has 0 aliphatic carbocycles. The number of hydrogen-bond acceptors (Lipinski definition) is 5. The van der Waals surface area contributed by atoms with Crippen LogP contribution in [0.15, 0.2) is 18.2 Å². The fourth-order valence-corrected chi connectivity index (χ4v) is 2.57. The second-order valence-electron chi connectivity index (χ2n) is 5.28. The molecule has 1 aliphatic heterocycles. The highest BCUT2D eigenvalue weighted by Crippen LogP contribution is 2.27. The molecule has 1 unspecified atom stereocenters. The van der Waals surface area contributed by atoms with Gasteiger partial charge in [0.1, 0.15) is 11.6 Å². The molecule has 1 atom stereocenters. The Morgan fingerprint density at radius 1 is 1.50 bits per heavy atom. The van der Waals surface area contributed by atoms with E-state index < -0.39 is 4.92 Å². The van der Waals surface area contributed by atoms with Gasteiger partial charge >= 0.3 is 0 Å². The molecule has 6 heteroatoms. The minimum absolute atomic E-state index is 0.111. The molecule has 0 saturated carbocycles. The van der Waals surface area contributed by atoms with Crippen molar-refractivity contribution >= 4 is 11.4 Å². The predicted octanol–water partition coefficient (Wildman–Crippen LogP) is 2.00. The molecule has 0 aromatic heterocycles. The van der Waals surface area contributed by atoms with Crippen LogP contribution in [0, 0.1) is 21.4 Å². The number of rotatable bonds is 3. The highest BCUT2D eigenvalue weighted by molar-refractivity contribution is 5.60. The van der Waals surface area contributed by atoms with Crippen LogP contribution in [0.2, 0.25) is 0 Å². The SMILES string of the molecule is CN(C)C1CCCN(c2ccc(C#N)c([N+](=O)[O-])c2)C1. The van der Waals surface area contributed by atoms with Gasteiger partial charge in [-0.1, -0.05) is 0 Å². The smallest absolute Gasteiger partial charge is 0.289 e. The molecule has 1 fully saturated rings. The molecule has 1 aromatic rings. The Morgan fingerprint density at radius 3 is 2.85 bits per heavy atom. The number of nitrogens with zero attached hydrogens (tertiary/aromatic N) is 4. The molecule has 1 heterocycles. The largest absolute Gasteiger partial charge is 0.370 e. The number of nitro benzene ring substituents is 1.